The zero-order valence-electron chi connectivity index (χ0n) is 16.6. The van der Waals surface area contributed by atoms with Crippen molar-refractivity contribution in [3.8, 4) is 0 Å². The van der Waals surface area contributed by atoms with E-state index in [0.29, 0.717) is 6.54 Å². The van der Waals surface area contributed by atoms with Crippen molar-refractivity contribution in [3.63, 3.8) is 0 Å². The fraction of sp³-hybridized carbons (Fsp3) is 0.381. The van der Waals surface area contributed by atoms with Crippen LogP contribution in [0.1, 0.15) is 22.0 Å². The fourth-order valence-corrected chi connectivity index (χ4v) is 4.68. The third-order valence-electron chi connectivity index (χ3n) is 5.14. The van der Waals surface area contributed by atoms with E-state index in [1.807, 2.05) is 30.3 Å². The van der Waals surface area contributed by atoms with Gasteiger partial charge >= 0.3 is 0 Å². The Labute approximate surface area is 177 Å². The number of likely N-dealkylation sites (N-methyl/N-ethyl adjacent to an activating group) is 1. The Hall–Kier alpha value is -1.93. The standard InChI is InChI=1S/C21H26ClN3O3S/c1-24-10-12-25(13-11-24)15-19(16-6-4-3-5-7-16)23-21(26)17-8-9-18(22)20(14-17)29(2,27)28/h3-9,14,19H,10-13,15H2,1-2H3,(H,23,26). The molecule has 0 aromatic heterocycles. The van der Waals surface area contributed by atoms with Crippen LogP contribution in [0.25, 0.3) is 0 Å². The summed E-state index contributed by atoms with van der Waals surface area (Å²) in [6.07, 6.45) is 1.08. The molecule has 3 rings (SSSR count). The predicted molar refractivity (Wildman–Crippen MR) is 115 cm³/mol. The maximum absolute atomic E-state index is 12.9. The second kappa shape index (κ2) is 9.26. The maximum atomic E-state index is 12.9. The quantitative estimate of drug-likeness (QED) is 0.754. The topological polar surface area (TPSA) is 69.7 Å². The van der Waals surface area contributed by atoms with E-state index in [-0.39, 0.29) is 27.4 Å². The number of nitrogens with one attached hydrogen (secondary N) is 1. The number of carbonyl (C=O) groups excluding carboxylic acids is 1. The van der Waals surface area contributed by atoms with E-state index in [1.54, 1.807) is 6.07 Å². The van der Waals surface area contributed by atoms with Crippen LogP contribution in [0.2, 0.25) is 5.02 Å². The molecule has 0 bridgehead atoms. The van der Waals surface area contributed by atoms with Gasteiger partial charge in [-0.15, -0.1) is 0 Å². The number of hydrogen-bond acceptors (Lipinski definition) is 5. The number of hydrogen-bond donors (Lipinski definition) is 1. The lowest BCUT2D eigenvalue weighted by molar-refractivity contribution is 0.0907. The highest BCUT2D eigenvalue weighted by Gasteiger charge is 2.23. The average Bonchev–Trinajstić information content (AvgIpc) is 2.69. The molecule has 156 valence electrons. The van der Waals surface area contributed by atoms with E-state index in [4.69, 9.17) is 11.6 Å². The van der Waals surface area contributed by atoms with Gasteiger partial charge in [0.1, 0.15) is 0 Å². The summed E-state index contributed by atoms with van der Waals surface area (Å²) in [6.45, 7) is 4.55. The summed E-state index contributed by atoms with van der Waals surface area (Å²) >= 11 is 6.01. The molecule has 29 heavy (non-hydrogen) atoms. The highest BCUT2D eigenvalue weighted by molar-refractivity contribution is 7.90. The van der Waals surface area contributed by atoms with Gasteiger partial charge in [0, 0.05) is 44.5 Å². The minimum atomic E-state index is -3.52. The van der Waals surface area contributed by atoms with Crippen molar-refractivity contribution in [3.05, 3.63) is 64.7 Å². The van der Waals surface area contributed by atoms with Gasteiger partial charge in [0.15, 0.2) is 9.84 Å². The Bertz CT molecular complexity index is 958. The molecule has 1 aliphatic rings. The molecule has 1 heterocycles. The van der Waals surface area contributed by atoms with E-state index in [2.05, 4.69) is 22.2 Å². The van der Waals surface area contributed by atoms with Gasteiger partial charge < -0.3 is 10.2 Å². The predicted octanol–water partition coefficient (Wildman–Crippen LogP) is 2.46. The summed E-state index contributed by atoms with van der Waals surface area (Å²) in [5.41, 5.74) is 1.28. The number of sulfone groups is 1. The smallest absolute Gasteiger partial charge is 0.251 e. The van der Waals surface area contributed by atoms with Crippen molar-refractivity contribution in [2.24, 2.45) is 0 Å². The molecule has 1 saturated heterocycles. The first-order valence-corrected chi connectivity index (χ1v) is 11.8. The van der Waals surface area contributed by atoms with Crippen molar-refractivity contribution in [2.75, 3.05) is 46.0 Å². The molecule has 1 N–H and O–H groups in total. The van der Waals surface area contributed by atoms with Gasteiger partial charge in [-0.2, -0.15) is 0 Å². The minimum absolute atomic E-state index is 0.0397. The number of piperazine rings is 1. The van der Waals surface area contributed by atoms with Gasteiger partial charge in [0.2, 0.25) is 0 Å². The van der Waals surface area contributed by atoms with Gasteiger partial charge in [0.05, 0.1) is 16.0 Å². The van der Waals surface area contributed by atoms with Crippen LogP contribution in [0, 0.1) is 0 Å². The third-order valence-corrected chi connectivity index (χ3v) is 6.72. The van der Waals surface area contributed by atoms with Gasteiger partial charge in [-0.1, -0.05) is 41.9 Å². The number of benzene rings is 2. The Morgan fingerprint density at radius 1 is 1.10 bits per heavy atom. The Balaban J connectivity index is 1.81. The summed E-state index contributed by atoms with van der Waals surface area (Å²) in [5, 5.41) is 3.19. The lowest BCUT2D eigenvalue weighted by atomic mass is 10.0. The van der Waals surface area contributed by atoms with Gasteiger partial charge in [0.25, 0.3) is 5.91 Å². The fourth-order valence-electron chi connectivity index (χ4n) is 3.38. The number of halogens is 1. The van der Waals surface area contributed by atoms with Crippen LogP contribution >= 0.6 is 11.6 Å². The number of amides is 1. The van der Waals surface area contributed by atoms with Crippen LogP contribution in [0.15, 0.2) is 53.4 Å². The molecule has 2 aromatic carbocycles. The van der Waals surface area contributed by atoms with Crippen molar-refractivity contribution >= 4 is 27.3 Å². The van der Waals surface area contributed by atoms with Crippen molar-refractivity contribution in [2.45, 2.75) is 10.9 Å². The van der Waals surface area contributed by atoms with E-state index in [0.717, 1.165) is 38.0 Å². The number of rotatable bonds is 6. The van der Waals surface area contributed by atoms with E-state index in [9.17, 15) is 13.2 Å². The molecule has 0 aliphatic carbocycles. The molecule has 8 heteroatoms. The summed E-state index contributed by atoms with van der Waals surface area (Å²) in [7, 11) is -1.42. The number of nitrogens with zero attached hydrogens (tertiary/aromatic N) is 2. The van der Waals surface area contributed by atoms with Crippen LogP contribution in [0.4, 0.5) is 0 Å². The van der Waals surface area contributed by atoms with Gasteiger partial charge in [-0.25, -0.2) is 8.42 Å². The van der Waals surface area contributed by atoms with Crippen LogP contribution in [0.3, 0.4) is 0 Å². The summed E-state index contributed by atoms with van der Waals surface area (Å²) in [5.74, 6) is -0.324. The molecule has 0 spiro atoms. The monoisotopic (exact) mass is 435 g/mol. The molecule has 1 amide bonds. The zero-order valence-corrected chi connectivity index (χ0v) is 18.2. The van der Waals surface area contributed by atoms with Crippen molar-refractivity contribution < 1.29 is 13.2 Å². The highest BCUT2D eigenvalue weighted by Crippen LogP contribution is 2.23. The van der Waals surface area contributed by atoms with Gasteiger partial charge in [-0.3, -0.25) is 9.69 Å². The Morgan fingerprint density at radius 3 is 2.38 bits per heavy atom. The largest absolute Gasteiger partial charge is 0.344 e. The lowest BCUT2D eigenvalue weighted by Gasteiger charge is -2.35. The van der Waals surface area contributed by atoms with E-state index in [1.165, 1.54) is 12.1 Å². The Kier molecular flexibility index (Phi) is 6.95. The summed E-state index contributed by atoms with van der Waals surface area (Å²) < 4.78 is 23.9. The van der Waals surface area contributed by atoms with Crippen molar-refractivity contribution in [1.82, 2.24) is 15.1 Å². The zero-order chi connectivity index (χ0) is 21.0. The summed E-state index contributed by atoms with van der Waals surface area (Å²) in [4.78, 5) is 17.5. The number of carbonyl (C=O) groups is 1. The molecular weight excluding hydrogens is 410 g/mol. The SMILES string of the molecule is CN1CCN(CC(NC(=O)c2ccc(Cl)c(S(C)(=O)=O)c2)c2ccccc2)CC1. The van der Waals surface area contributed by atoms with Gasteiger partial charge in [-0.05, 0) is 30.8 Å². The normalized spacial score (nSPS) is 17.1. The van der Waals surface area contributed by atoms with E-state index >= 15 is 0 Å². The summed E-state index contributed by atoms with van der Waals surface area (Å²) in [6, 6.07) is 13.9. The molecule has 6 nitrogen and oxygen atoms in total. The second-order valence-corrected chi connectivity index (χ2v) is 9.85. The highest BCUT2D eigenvalue weighted by atomic mass is 35.5. The molecule has 2 aromatic rings. The first-order chi connectivity index (χ1) is 13.7. The van der Waals surface area contributed by atoms with Crippen LogP contribution < -0.4 is 5.32 Å². The van der Waals surface area contributed by atoms with Crippen molar-refractivity contribution in [1.29, 1.82) is 0 Å². The minimum Gasteiger partial charge on any atom is -0.344 e. The molecule has 1 fully saturated rings. The molecule has 1 unspecified atom stereocenters. The second-order valence-electron chi connectivity index (χ2n) is 7.46. The lowest BCUT2D eigenvalue weighted by Crippen LogP contribution is -2.47. The third kappa shape index (κ3) is 5.79. The molecule has 1 atom stereocenters. The van der Waals surface area contributed by atoms with E-state index < -0.39 is 9.84 Å². The van der Waals surface area contributed by atoms with Crippen LogP contribution in [0.5, 0.6) is 0 Å². The first-order valence-electron chi connectivity index (χ1n) is 9.50. The molecule has 1 aliphatic heterocycles. The maximum Gasteiger partial charge on any atom is 0.251 e. The van der Waals surface area contributed by atoms with Crippen LogP contribution in [-0.2, 0) is 9.84 Å². The molecular formula is C21H26ClN3O3S. The van der Waals surface area contributed by atoms with Crippen LogP contribution in [-0.4, -0.2) is 70.2 Å². The Morgan fingerprint density at radius 2 is 1.76 bits per heavy atom. The average molecular weight is 436 g/mol. The molecule has 0 radical (unpaired) electrons. The molecule has 0 saturated carbocycles. The first kappa shape index (κ1) is 21.8.